The van der Waals surface area contributed by atoms with Gasteiger partial charge >= 0.3 is 0 Å². The first kappa shape index (κ1) is 11.4. The van der Waals surface area contributed by atoms with Gasteiger partial charge in [0.1, 0.15) is 5.82 Å². The average Bonchev–Trinajstić information content (AvgIpc) is 2.68. The average molecular weight is 238 g/mol. The molecular formula is C12H16ClN3. The fourth-order valence-corrected chi connectivity index (χ4v) is 2.22. The summed E-state index contributed by atoms with van der Waals surface area (Å²) in [5, 5.41) is 0.737. The van der Waals surface area contributed by atoms with Crippen LogP contribution in [0.25, 0.3) is 11.0 Å². The van der Waals surface area contributed by atoms with Crippen LogP contribution in [0.15, 0.2) is 18.2 Å². The Morgan fingerprint density at radius 3 is 2.81 bits per heavy atom. The molecule has 2 rings (SSSR count). The standard InChI is InChI=1S/C12H16ClN3/c1-3-9(14)12-15-10-7-5-6-8(13)11(10)16(12)4-2/h5-7,9H,3-4,14H2,1-2H3. The van der Waals surface area contributed by atoms with Crippen LogP contribution in [-0.4, -0.2) is 9.55 Å². The van der Waals surface area contributed by atoms with Crippen molar-refractivity contribution in [2.24, 2.45) is 5.73 Å². The number of hydrogen-bond acceptors (Lipinski definition) is 2. The molecular weight excluding hydrogens is 222 g/mol. The third kappa shape index (κ3) is 1.70. The Kier molecular flexibility index (Phi) is 3.17. The van der Waals surface area contributed by atoms with Crippen LogP contribution in [0.3, 0.4) is 0 Å². The molecule has 0 amide bonds. The van der Waals surface area contributed by atoms with E-state index in [9.17, 15) is 0 Å². The molecule has 0 fully saturated rings. The minimum Gasteiger partial charge on any atom is -0.326 e. The van der Waals surface area contributed by atoms with Crippen molar-refractivity contribution in [2.45, 2.75) is 32.9 Å². The summed E-state index contributed by atoms with van der Waals surface area (Å²) in [5.74, 6) is 0.924. The van der Waals surface area contributed by atoms with Crippen LogP contribution in [0.1, 0.15) is 32.1 Å². The lowest BCUT2D eigenvalue weighted by Crippen LogP contribution is -2.15. The van der Waals surface area contributed by atoms with Gasteiger partial charge in [-0.25, -0.2) is 4.98 Å². The molecule has 1 atom stereocenters. The van der Waals surface area contributed by atoms with Crippen LogP contribution in [0.4, 0.5) is 0 Å². The van der Waals surface area contributed by atoms with E-state index in [4.69, 9.17) is 17.3 Å². The number of para-hydroxylation sites is 1. The zero-order chi connectivity index (χ0) is 11.7. The smallest absolute Gasteiger partial charge is 0.126 e. The van der Waals surface area contributed by atoms with Crippen LogP contribution < -0.4 is 5.73 Å². The first-order chi connectivity index (χ1) is 7.69. The van der Waals surface area contributed by atoms with E-state index in [0.29, 0.717) is 0 Å². The molecule has 1 aromatic heterocycles. The highest BCUT2D eigenvalue weighted by molar-refractivity contribution is 6.35. The van der Waals surface area contributed by atoms with E-state index in [-0.39, 0.29) is 6.04 Å². The normalized spacial score (nSPS) is 13.2. The SMILES string of the molecule is CCC(N)c1nc2cccc(Cl)c2n1CC. The summed E-state index contributed by atoms with van der Waals surface area (Å²) in [6.45, 7) is 4.98. The fourth-order valence-electron chi connectivity index (χ4n) is 1.95. The van der Waals surface area contributed by atoms with Gasteiger partial charge in [0.05, 0.1) is 22.1 Å². The number of hydrogen-bond donors (Lipinski definition) is 1. The second-order valence-corrected chi connectivity index (χ2v) is 4.24. The molecule has 0 aliphatic carbocycles. The summed E-state index contributed by atoms with van der Waals surface area (Å²) in [4.78, 5) is 4.57. The number of rotatable bonds is 3. The largest absolute Gasteiger partial charge is 0.326 e. The number of fused-ring (bicyclic) bond motifs is 1. The third-order valence-corrected chi connectivity index (χ3v) is 3.14. The van der Waals surface area contributed by atoms with Gasteiger partial charge in [-0.1, -0.05) is 24.6 Å². The van der Waals surface area contributed by atoms with Crippen molar-refractivity contribution < 1.29 is 0 Å². The number of nitrogens with zero attached hydrogens (tertiary/aromatic N) is 2. The van der Waals surface area contributed by atoms with Crippen molar-refractivity contribution in [3.63, 3.8) is 0 Å². The minimum absolute atomic E-state index is 0.0246. The Balaban J connectivity index is 2.72. The molecule has 2 N–H and O–H groups in total. The predicted molar refractivity (Wildman–Crippen MR) is 67.6 cm³/mol. The lowest BCUT2D eigenvalue weighted by molar-refractivity contribution is 0.597. The Morgan fingerprint density at radius 1 is 1.44 bits per heavy atom. The fraction of sp³-hybridized carbons (Fsp3) is 0.417. The summed E-state index contributed by atoms with van der Waals surface area (Å²) in [7, 11) is 0. The predicted octanol–water partition coefficient (Wildman–Crippen LogP) is 3.12. The number of nitrogens with two attached hydrogens (primary N) is 1. The first-order valence-electron chi connectivity index (χ1n) is 5.59. The van der Waals surface area contributed by atoms with Crippen LogP contribution in [0.5, 0.6) is 0 Å². The van der Waals surface area contributed by atoms with Crippen molar-refractivity contribution in [3.05, 3.63) is 29.0 Å². The van der Waals surface area contributed by atoms with Gasteiger partial charge in [-0.05, 0) is 25.5 Å². The van der Waals surface area contributed by atoms with Crippen LogP contribution in [0, 0.1) is 0 Å². The molecule has 0 spiro atoms. The summed E-state index contributed by atoms with van der Waals surface area (Å²) in [6, 6.07) is 5.75. The number of aryl methyl sites for hydroxylation is 1. The monoisotopic (exact) mass is 237 g/mol. The van der Waals surface area contributed by atoms with Crippen molar-refractivity contribution in [1.29, 1.82) is 0 Å². The number of halogens is 1. The molecule has 86 valence electrons. The molecule has 1 heterocycles. The van der Waals surface area contributed by atoms with Crippen molar-refractivity contribution in [2.75, 3.05) is 0 Å². The molecule has 4 heteroatoms. The van der Waals surface area contributed by atoms with Gasteiger partial charge in [0.25, 0.3) is 0 Å². The quantitative estimate of drug-likeness (QED) is 0.892. The Bertz CT molecular complexity index is 504. The molecule has 0 aliphatic rings. The van der Waals surface area contributed by atoms with E-state index >= 15 is 0 Å². The maximum Gasteiger partial charge on any atom is 0.126 e. The number of imidazole rings is 1. The van der Waals surface area contributed by atoms with Gasteiger partial charge in [0, 0.05) is 6.54 Å². The zero-order valence-electron chi connectivity index (χ0n) is 9.57. The second kappa shape index (κ2) is 4.44. The molecule has 0 saturated carbocycles. The topological polar surface area (TPSA) is 43.8 Å². The highest BCUT2D eigenvalue weighted by Gasteiger charge is 2.16. The van der Waals surface area contributed by atoms with Gasteiger partial charge in [-0.3, -0.25) is 0 Å². The molecule has 1 unspecified atom stereocenters. The first-order valence-corrected chi connectivity index (χ1v) is 5.97. The molecule has 0 bridgehead atoms. The summed E-state index contributed by atoms with van der Waals surface area (Å²) in [6.07, 6.45) is 0.876. The van der Waals surface area contributed by atoms with E-state index in [1.165, 1.54) is 0 Å². The minimum atomic E-state index is -0.0246. The lowest BCUT2D eigenvalue weighted by atomic mass is 10.2. The highest BCUT2D eigenvalue weighted by Crippen LogP contribution is 2.27. The van der Waals surface area contributed by atoms with Gasteiger partial charge in [-0.15, -0.1) is 0 Å². The van der Waals surface area contributed by atoms with Crippen molar-refractivity contribution in [1.82, 2.24) is 9.55 Å². The van der Waals surface area contributed by atoms with E-state index in [2.05, 4.69) is 23.4 Å². The van der Waals surface area contributed by atoms with E-state index in [1.54, 1.807) is 0 Å². The third-order valence-electron chi connectivity index (χ3n) is 2.83. The van der Waals surface area contributed by atoms with Gasteiger partial charge in [-0.2, -0.15) is 0 Å². The summed E-state index contributed by atoms with van der Waals surface area (Å²) < 4.78 is 2.10. The van der Waals surface area contributed by atoms with Gasteiger partial charge < -0.3 is 10.3 Å². The molecule has 1 aromatic carbocycles. The molecule has 2 aromatic rings. The van der Waals surface area contributed by atoms with Crippen LogP contribution >= 0.6 is 11.6 Å². The zero-order valence-corrected chi connectivity index (χ0v) is 10.3. The Labute approximate surface area is 100 Å². The van der Waals surface area contributed by atoms with E-state index in [0.717, 1.165) is 34.8 Å². The van der Waals surface area contributed by atoms with E-state index in [1.807, 2.05) is 18.2 Å². The van der Waals surface area contributed by atoms with Crippen LogP contribution in [0.2, 0.25) is 5.02 Å². The number of benzene rings is 1. The molecule has 0 saturated heterocycles. The Morgan fingerprint density at radius 2 is 2.19 bits per heavy atom. The summed E-state index contributed by atoms with van der Waals surface area (Å²) >= 11 is 6.20. The molecule has 0 radical (unpaired) electrons. The van der Waals surface area contributed by atoms with Crippen LogP contribution in [-0.2, 0) is 6.54 Å². The second-order valence-electron chi connectivity index (χ2n) is 3.84. The van der Waals surface area contributed by atoms with E-state index < -0.39 is 0 Å². The summed E-state index contributed by atoms with van der Waals surface area (Å²) in [5.41, 5.74) is 7.97. The van der Waals surface area contributed by atoms with Gasteiger partial charge in [0.2, 0.25) is 0 Å². The maximum atomic E-state index is 6.20. The van der Waals surface area contributed by atoms with Gasteiger partial charge in [0.15, 0.2) is 0 Å². The molecule has 16 heavy (non-hydrogen) atoms. The molecule has 3 nitrogen and oxygen atoms in total. The van der Waals surface area contributed by atoms with Crippen molar-refractivity contribution >= 4 is 22.6 Å². The maximum absolute atomic E-state index is 6.20. The highest BCUT2D eigenvalue weighted by atomic mass is 35.5. The lowest BCUT2D eigenvalue weighted by Gasteiger charge is -2.11. The van der Waals surface area contributed by atoms with Crippen molar-refractivity contribution in [3.8, 4) is 0 Å². The molecule has 0 aliphatic heterocycles. The Hall–Kier alpha value is -1.06. The number of aromatic nitrogens is 2.